The first-order valence-corrected chi connectivity index (χ1v) is 6.86. The summed E-state index contributed by atoms with van der Waals surface area (Å²) < 4.78 is 5.37. The van der Waals surface area contributed by atoms with E-state index in [4.69, 9.17) is 4.74 Å². The maximum atomic E-state index is 12.1. The van der Waals surface area contributed by atoms with E-state index in [1.165, 1.54) is 0 Å². The monoisotopic (exact) mass is 256 g/mol. The number of nitrogens with one attached hydrogen (secondary N) is 1. The molecule has 0 saturated carbocycles. The SMILES string of the molecule is C[C@@H](NC(=O)[C@@H]1CCCOC1)C(C)(C)CN(C)C. The van der Waals surface area contributed by atoms with Gasteiger partial charge in [0.25, 0.3) is 0 Å². The predicted octanol–water partition coefficient (Wildman–Crippen LogP) is 1.51. The Labute approximate surface area is 111 Å². The third-order valence-electron chi connectivity index (χ3n) is 3.79. The molecule has 0 bridgehead atoms. The first-order valence-electron chi connectivity index (χ1n) is 6.86. The molecule has 106 valence electrons. The highest BCUT2D eigenvalue weighted by molar-refractivity contribution is 5.79. The molecule has 18 heavy (non-hydrogen) atoms. The summed E-state index contributed by atoms with van der Waals surface area (Å²) in [7, 11) is 4.12. The fourth-order valence-electron chi connectivity index (χ4n) is 2.43. The minimum Gasteiger partial charge on any atom is -0.381 e. The second-order valence-corrected chi connectivity index (χ2v) is 6.37. The van der Waals surface area contributed by atoms with Gasteiger partial charge in [0.05, 0.1) is 12.5 Å². The van der Waals surface area contributed by atoms with Crippen molar-refractivity contribution in [3.63, 3.8) is 0 Å². The zero-order valence-electron chi connectivity index (χ0n) is 12.5. The van der Waals surface area contributed by atoms with E-state index in [2.05, 4.69) is 45.1 Å². The summed E-state index contributed by atoms with van der Waals surface area (Å²) in [5.74, 6) is 0.186. The van der Waals surface area contributed by atoms with E-state index in [0.717, 1.165) is 26.0 Å². The van der Waals surface area contributed by atoms with E-state index in [0.29, 0.717) is 6.61 Å². The van der Waals surface area contributed by atoms with Crippen LogP contribution in [-0.2, 0) is 9.53 Å². The van der Waals surface area contributed by atoms with E-state index < -0.39 is 0 Å². The first kappa shape index (κ1) is 15.4. The molecule has 4 heteroatoms. The Kier molecular flexibility index (Phi) is 5.60. The van der Waals surface area contributed by atoms with Crippen molar-refractivity contribution in [2.75, 3.05) is 33.9 Å². The van der Waals surface area contributed by atoms with Gasteiger partial charge < -0.3 is 15.0 Å². The smallest absolute Gasteiger partial charge is 0.225 e. The van der Waals surface area contributed by atoms with E-state index in [-0.39, 0.29) is 23.3 Å². The largest absolute Gasteiger partial charge is 0.381 e. The number of ether oxygens (including phenoxy) is 1. The fourth-order valence-corrected chi connectivity index (χ4v) is 2.43. The van der Waals surface area contributed by atoms with Crippen molar-refractivity contribution < 1.29 is 9.53 Å². The van der Waals surface area contributed by atoms with Crippen molar-refractivity contribution in [2.24, 2.45) is 11.3 Å². The molecule has 0 radical (unpaired) electrons. The molecule has 1 aliphatic rings. The summed E-state index contributed by atoms with van der Waals surface area (Å²) in [6.07, 6.45) is 1.94. The Hall–Kier alpha value is -0.610. The third-order valence-corrected chi connectivity index (χ3v) is 3.79. The maximum Gasteiger partial charge on any atom is 0.225 e. The number of carbonyl (C=O) groups excluding carboxylic acids is 1. The second-order valence-electron chi connectivity index (χ2n) is 6.37. The van der Waals surface area contributed by atoms with Crippen LogP contribution in [0.1, 0.15) is 33.6 Å². The Morgan fingerprint density at radius 3 is 2.67 bits per heavy atom. The molecule has 4 nitrogen and oxygen atoms in total. The summed E-state index contributed by atoms with van der Waals surface area (Å²) >= 11 is 0. The molecule has 2 atom stereocenters. The molecule has 1 fully saturated rings. The molecule has 1 saturated heterocycles. The van der Waals surface area contributed by atoms with Gasteiger partial charge >= 0.3 is 0 Å². The highest BCUT2D eigenvalue weighted by atomic mass is 16.5. The zero-order chi connectivity index (χ0) is 13.8. The number of rotatable bonds is 5. The number of hydrogen-bond acceptors (Lipinski definition) is 3. The maximum absolute atomic E-state index is 12.1. The molecule has 1 rings (SSSR count). The highest BCUT2D eigenvalue weighted by Crippen LogP contribution is 2.22. The van der Waals surface area contributed by atoms with Crippen LogP contribution >= 0.6 is 0 Å². The van der Waals surface area contributed by atoms with Gasteiger partial charge in [-0.25, -0.2) is 0 Å². The Balaban J connectivity index is 2.47. The van der Waals surface area contributed by atoms with Crippen molar-refractivity contribution in [3.8, 4) is 0 Å². The highest BCUT2D eigenvalue weighted by Gasteiger charge is 2.30. The molecule has 0 aromatic heterocycles. The van der Waals surface area contributed by atoms with Crippen LogP contribution in [0.15, 0.2) is 0 Å². The zero-order valence-corrected chi connectivity index (χ0v) is 12.5. The standard InChI is InChI=1S/C14H28N2O2/c1-11(14(2,3)10-16(4)5)15-13(17)12-7-6-8-18-9-12/h11-12H,6-10H2,1-5H3,(H,15,17)/t11-,12-/m1/s1. The molecule has 1 amide bonds. The normalized spacial score (nSPS) is 22.9. The first-order chi connectivity index (χ1) is 8.33. The predicted molar refractivity (Wildman–Crippen MR) is 73.5 cm³/mol. The van der Waals surface area contributed by atoms with Crippen LogP contribution in [0, 0.1) is 11.3 Å². The van der Waals surface area contributed by atoms with Crippen LogP contribution < -0.4 is 5.32 Å². The van der Waals surface area contributed by atoms with Gasteiger partial charge in [0.2, 0.25) is 5.91 Å². The van der Waals surface area contributed by atoms with Crippen molar-refractivity contribution in [1.82, 2.24) is 10.2 Å². The summed E-state index contributed by atoms with van der Waals surface area (Å²) in [5.41, 5.74) is 0.0642. The number of carbonyl (C=O) groups is 1. The molecule has 0 spiro atoms. The van der Waals surface area contributed by atoms with Gasteiger partial charge in [0, 0.05) is 19.2 Å². The van der Waals surface area contributed by atoms with Crippen LogP contribution in [0.3, 0.4) is 0 Å². The number of amides is 1. The van der Waals surface area contributed by atoms with Gasteiger partial charge in [-0.1, -0.05) is 13.8 Å². The molecule has 0 unspecified atom stereocenters. The number of nitrogens with zero attached hydrogens (tertiary/aromatic N) is 1. The second kappa shape index (κ2) is 6.53. The number of hydrogen-bond donors (Lipinski definition) is 1. The summed E-state index contributed by atoms with van der Waals surface area (Å²) in [6, 6.07) is 0.161. The lowest BCUT2D eigenvalue weighted by atomic mass is 9.84. The van der Waals surface area contributed by atoms with Crippen LogP contribution in [0.4, 0.5) is 0 Å². The van der Waals surface area contributed by atoms with E-state index in [1.807, 2.05) is 0 Å². The van der Waals surface area contributed by atoms with Crippen molar-refractivity contribution in [1.29, 1.82) is 0 Å². The molecule has 0 aromatic carbocycles. The van der Waals surface area contributed by atoms with Gasteiger partial charge in [-0.15, -0.1) is 0 Å². The molecular formula is C14H28N2O2. The van der Waals surface area contributed by atoms with Crippen molar-refractivity contribution in [2.45, 2.75) is 39.7 Å². The van der Waals surface area contributed by atoms with Crippen LogP contribution in [0.5, 0.6) is 0 Å². The Morgan fingerprint density at radius 1 is 1.50 bits per heavy atom. The minimum atomic E-state index is 0.0383. The van der Waals surface area contributed by atoms with Gasteiger partial charge in [0.15, 0.2) is 0 Å². The summed E-state index contributed by atoms with van der Waals surface area (Å²) in [5, 5.41) is 3.15. The van der Waals surface area contributed by atoms with E-state index >= 15 is 0 Å². The average Bonchev–Trinajstić information content (AvgIpc) is 2.28. The van der Waals surface area contributed by atoms with Gasteiger partial charge in [0.1, 0.15) is 0 Å². The molecule has 0 aliphatic carbocycles. The van der Waals surface area contributed by atoms with Gasteiger partial charge in [-0.2, -0.15) is 0 Å². The Morgan fingerprint density at radius 2 is 2.17 bits per heavy atom. The average molecular weight is 256 g/mol. The third kappa shape index (κ3) is 4.58. The molecular weight excluding hydrogens is 228 g/mol. The molecule has 1 N–H and O–H groups in total. The van der Waals surface area contributed by atoms with Gasteiger partial charge in [-0.05, 0) is 39.3 Å². The minimum absolute atomic E-state index is 0.0383. The van der Waals surface area contributed by atoms with Crippen LogP contribution in [0.2, 0.25) is 0 Å². The van der Waals surface area contributed by atoms with Gasteiger partial charge in [-0.3, -0.25) is 4.79 Å². The summed E-state index contributed by atoms with van der Waals surface area (Å²) in [4.78, 5) is 14.3. The lowest BCUT2D eigenvalue weighted by Gasteiger charge is -2.36. The van der Waals surface area contributed by atoms with E-state index in [9.17, 15) is 4.79 Å². The topological polar surface area (TPSA) is 41.6 Å². The lowest BCUT2D eigenvalue weighted by Crippen LogP contribution is -2.49. The summed E-state index contributed by atoms with van der Waals surface area (Å²) in [6.45, 7) is 8.80. The Bertz CT molecular complexity index is 271. The van der Waals surface area contributed by atoms with E-state index in [1.54, 1.807) is 0 Å². The molecule has 0 aromatic rings. The quantitative estimate of drug-likeness (QED) is 0.810. The van der Waals surface area contributed by atoms with Crippen molar-refractivity contribution >= 4 is 5.91 Å². The fraction of sp³-hybridized carbons (Fsp3) is 0.929. The van der Waals surface area contributed by atoms with Crippen LogP contribution in [0.25, 0.3) is 0 Å². The van der Waals surface area contributed by atoms with Crippen LogP contribution in [-0.4, -0.2) is 50.7 Å². The lowest BCUT2D eigenvalue weighted by molar-refractivity contribution is -0.130. The molecule has 1 aliphatic heterocycles. The van der Waals surface area contributed by atoms with Crippen molar-refractivity contribution in [3.05, 3.63) is 0 Å². The molecule has 1 heterocycles.